The monoisotopic (exact) mass is 232 g/mol. The summed E-state index contributed by atoms with van der Waals surface area (Å²) in [7, 11) is 1.33. The van der Waals surface area contributed by atoms with Crippen LogP contribution in [0.4, 0.5) is 13.2 Å². The van der Waals surface area contributed by atoms with Crippen LogP contribution in [-0.4, -0.2) is 19.1 Å². The molecule has 1 saturated carbocycles. The van der Waals surface area contributed by atoms with Gasteiger partial charge in [-0.1, -0.05) is 6.07 Å². The molecule has 2 nitrogen and oxygen atoms in total. The van der Waals surface area contributed by atoms with E-state index in [0.717, 1.165) is 0 Å². The highest BCUT2D eigenvalue weighted by atomic mass is 19.3. The van der Waals surface area contributed by atoms with E-state index >= 15 is 0 Å². The molecule has 0 saturated heterocycles. The van der Waals surface area contributed by atoms with E-state index in [0.29, 0.717) is 0 Å². The Hall–Kier alpha value is -1.39. The highest BCUT2D eigenvalue weighted by molar-refractivity contribution is 5.35. The van der Waals surface area contributed by atoms with Gasteiger partial charge in [0.05, 0.1) is 7.11 Å². The van der Waals surface area contributed by atoms with Gasteiger partial charge in [-0.15, -0.1) is 0 Å². The zero-order chi connectivity index (χ0) is 11.8. The predicted octanol–water partition coefficient (Wildman–Crippen LogP) is 3.01. The summed E-state index contributed by atoms with van der Waals surface area (Å²) < 4.78 is 48.5. The van der Waals surface area contributed by atoms with Gasteiger partial charge in [-0.2, -0.15) is 4.39 Å². The lowest BCUT2D eigenvalue weighted by Crippen LogP contribution is -2.43. The van der Waals surface area contributed by atoms with Crippen LogP contribution in [-0.2, 0) is 0 Å². The van der Waals surface area contributed by atoms with Crippen LogP contribution < -0.4 is 9.47 Å². The number of hydrogen-bond acceptors (Lipinski definition) is 2. The second-order valence-corrected chi connectivity index (χ2v) is 3.78. The van der Waals surface area contributed by atoms with E-state index in [1.54, 1.807) is 6.07 Å². The summed E-state index contributed by atoms with van der Waals surface area (Å²) >= 11 is 0. The van der Waals surface area contributed by atoms with E-state index in [1.807, 2.05) is 0 Å². The zero-order valence-electron chi connectivity index (χ0n) is 8.67. The van der Waals surface area contributed by atoms with Crippen LogP contribution in [0.5, 0.6) is 11.5 Å². The van der Waals surface area contributed by atoms with Crippen LogP contribution in [0.15, 0.2) is 18.2 Å². The standard InChI is InChI=1S/C11H11F3O2/c1-15-8-3-2-4-9(10(8)12)16-7-5-11(13,14)6-7/h2-4,7H,5-6H2,1H3. The molecule has 0 unspecified atom stereocenters. The van der Waals surface area contributed by atoms with Crippen molar-refractivity contribution in [1.29, 1.82) is 0 Å². The summed E-state index contributed by atoms with van der Waals surface area (Å²) in [4.78, 5) is 0. The number of benzene rings is 1. The third kappa shape index (κ3) is 2.08. The van der Waals surface area contributed by atoms with Crippen molar-refractivity contribution in [2.45, 2.75) is 24.9 Å². The van der Waals surface area contributed by atoms with Crippen LogP contribution in [0.1, 0.15) is 12.8 Å². The first-order valence-electron chi connectivity index (χ1n) is 4.89. The summed E-state index contributed by atoms with van der Waals surface area (Å²) in [6.45, 7) is 0. The Morgan fingerprint density at radius 3 is 2.44 bits per heavy atom. The van der Waals surface area contributed by atoms with Crippen molar-refractivity contribution in [3.8, 4) is 11.5 Å². The third-order valence-corrected chi connectivity index (χ3v) is 2.49. The highest BCUT2D eigenvalue weighted by Gasteiger charge is 2.47. The first kappa shape index (κ1) is 11.1. The zero-order valence-corrected chi connectivity index (χ0v) is 8.67. The Balaban J connectivity index is 2.05. The van der Waals surface area contributed by atoms with Crippen molar-refractivity contribution in [3.05, 3.63) is 24.0 Å². The lowest BCUT2D eigenvalue weighted by molar-refractivity contribution is -0.135. The maximum absolute atomic E-state index is 13.5. The average Bonchev–Trinajstić information content (AvgIpc) is 2.18. The fraction of sp³-hybridized carbons (Fsp3) is 0.455. The summed E-state index contributed by atoms with van der Waals surface area (Å²) in [5.74, 6) is -3.32. The molecule has 0 radical (unpaired) electrons. The number of hydrogen-bond donors (Lipinski definition) is 0. The van der Waals surface area contributed by atoms with E-state index in [4.69, 9.17) is 9.47 Å². The Morgan fingerprint density at radius 1 is 1.25 bits per heavy atom. The molecule has 0 heterocycles. The molecule has 1 aliphatic carbocycles. The van der Waals surface area contributed by atoms with Gasteiger partial charge >= 0.3 is 0 Å². The number of halogens is 3. The lowest BCUT2D eigenvalue weighted by Gasteiger charge is -2.34. The molecule has 0 aliphatic heterocycles. The van der Waals surface area contributed by atoms with Gasteiger partial charge in [0.2, 0.25) is 5.82 Å². The van der Waals surface area contributed by atoms with Crippen molar-refractivity contribution in [2.24, 2.45) is 0 Å². The van der Waals surface area contributed by atoms with Crippen molar-refractivity contribution < 1.29 is 22.6 Å². The van der Waals surface area contributed by atoms with Gasteiger partial charge in [0.15, 0.2) is 11.5 Å². The second kappa shape index (κ2) is 3.88. The Kier molecular flexibility index (Phi) is 2.69. The van der Waals surface area contributed by atoms with Crippen LogP contribution in [0.2, 0.25) is 0 Å². The van der Waals surface area contributed by atoms with E-state index in [1.165, 1.54) is 19.2 Å². The van der Waals surface area contributed by atoms with E-state index in [-0.39, 0.29) is 24.3 Å². The summed E-state index contributed by atoms with van der Waals surface area (Å²) in [5, 5.41) is 0. The molecule has 5 heteroatoms. The van der Waals surface area contributed by atoms with E-state index in [9.17, 15) is 13.2 Å². The second-order valence-electron chi connectivity index (χ2n) is 3.78. The summed E-state index contributed by atoms with van der Waals surface area (Å²) in [5.41, 5.74) is 0. The molecule has 88 valence electrons. The maximum atomic E-state index is 13.5. The van der Waals surface area contributed by atoms with Gasteiger partial charge in [0, 0.05) is 12.8 Å². The molecule has 1 aromatic carbocycles. The van der Waals surface area contributed by atoms with Gasteiger partial charge < -0.3 is 9.47 Å². The molecule has 1 aliphatic rings. The van der Waals surface area contributed by atoms with Crippen molar-refractivity contribution >= 4 is 0 Å². The normalized spacial score (nSPS) is 19.0. The topological polar surface area (TPSA) is 18.5 Å². The third-order valence-electron chi connectivity index (χ3n) is 2.49. The first-order chi connectivity index (χ1) is 7.52. The minimum atomic E-state index is -2.67. The van der Waals surface area contributed by atoms with Crippen LogP contribution in [0.3, 0.4) is 0 Å². The number of ether oxygens (including phenoxy) is 2. The van der Waals surface area contributed by atoms with Crippen LogP contribution in [0.25, 0.3) is 0 Å². The molecule has 0 atom stereocenters. The van der Waals surface area contributed by atoms with Crippen molar-refractivity contribution in [2.75, 3.05) is 7.11 Å². The molecule has 1 fully saturated rings. The highest BCUT2D eigenvalue weighted by Crippen LogP contribution is 2.40. The van der Waals surface area contributed by atoms with Gasteiger partial charge in [0.25, 0.3) is 5.92 Å². The Bertz CT molecular complexity index is 385. The minimum absolute atomic E-state index is 0.0418. The molecule has 0 N–H and O–H groups in total. The number of rotatable bonds is 3. The Morgan fingerprint density at radius 2 is 1.88 bits per heavy atom. The van der Waals surface area contributed by atoms with Crippen LogP contribution in [0, 0.1) is 5.82 Å². The largest absolute Gasteiger partial charge is 0.494 e. The fourth-order valence-electron chi connectivity index (χ4n) is 1.61. The smallest absolute Gasteiger partial charge is 0.255 e. The lowest BCUT2D eigenvalue weighted by atomic mass is 9.91. The van der Waals surface area contributed by atoms with E-state index in [2.05, 4.69) is 0 Å². The van der Waals surface area contributed by atoms with Crippen LogP contribution >= 0.6 is 0 Å². The molecule has 0 bridgehead atoms. The first-order valence-corrected chi connectivity index (χ1v) is 4.89. The molecule has 0 amide bonds. The molecule has 0 aromatic heterocycles. The van der Waals surface area contributed by atoms with Gasteiger partial charge in [0.1, 0.15) is 6.10 Å². The Labute approximate surface area is 91.0 Å². The molecule has 16 heavy (non-hydrogen) atoms. The molecule has 2 rings (SSSR count). The van der Waals surface area contributed by atoms with Gasteiger partial charge in [-0.25, -0.2) is 8.78 Å². The molecular weight excluding hydrogens is 221 g/mol. The number of alkyl halides is 2. The van der Waals surface area contributed by atoms with Crippen molar-refractivity contribution in [3.63, 3.8) is 0 Å². The maximum Gasteiger partial charge on any atom is 0.255 e. The summed E-state index contributed by atoms with van der Waals surface area (Å²) in [6.07, 6.45) is -1.33. The van der Waals surface area contributed by atoms with E-state index < -0.39 is 17.8 Å². The molecular formula is C11H11F3O2. The SMILES string of the molecule is COc1cccc(OC2CC(F)(F)C2)c1F. The predicted molar refractivity (Wildman–Crippen MR) is 51.5 cm³/mol. The quantitative estimate of drug-likeness (QED) is 0.797. The van der Waals surface area contributed by atoms with Gasteiger partial charge in [-0.3, -0.25) is 0 Å². The minimum Gasteiger partial charge on any atom is -0.494 e. The van der Waals surface area contributed by atoms with Gasteiger partial charge in [-0.05, 0) is 12.1 Å². The van der Waals surface area contributed by atoms with Crippen molar-refractivity contribution in [1.82, 2.24) is 0 Å². The molecule has 1 aromatic rings. The summed E-state index contributed by atoms with van der Waals surface area (Å²) in [6, 6.07) is 4.39. The number of methoxy groups -OCH3 is 1. The fourth-order valence-corrected chi connectivity index (χ4v) is 1.61. The molecule has 0 spiro atoms. The average molecular weight is 232 g/mol.